The van der Waals surface area contributed by atoms with Gasteiger partial charge in [0.1, 0.15) is 5.75 Å². The minimum absolute atomic E-state index is 0.739. The largest absolute Gasteiger partial charge is 0.497 e. The highest BCUT2D eigenvalue weighted by Gasteiger charge is 2.18. The van der Waals surface area contributed by atoms with Crippen LogP contribution in [0.5, 0.6) is 5.75 Å². The SMILES string of the molecule is CCC[C@H]1CC[C@H](C=CC#CC=Cc2ccc(OC)cc2)CC1. The van der Waals surface area contributed by atoms with Crippen molar-refractivity contribution >= 4 is 6.08 Å². The summed E-state index contributed by atoms with van der Waals surface area (Å²) < 4.78 is 5.14. The number of ether oxygens (including phenoxy) is 1. The molecule has 0 bridgehead atoms. The summed E-state index contributed by atoms with van der Waals surface area (Å²) in [7, 11) is 1.68. The van der Waals surface area contributed by atoms with Gasteiger partial charge in [-0.2, -0.15) is 0 Å². The van der Waals surface area contributed by atoms with Crippen LogP contribution in [-0.4, -0.2) is 7.11 Å². The molecule has 1 aromatic rings. The molecule has 1 nitrogen and oxygen atoms in total. The third-order valence-corrected chi connectivity index (χ3v) is 4.60. The second kappa shape index (κ2) is 9.95. The lowest BCUT2D eigenvalue weighted by Gasteiger charge is -2.26. The summed E-state index contributed by atoms with van der Waals surface area (Å²) in [4.78, 5) is 0. The molecule has 1 fully saturated rings. The van der Waals surface area contributed by atoms with Gasteiger partial charge in [0.15, 0.2) is 0 Å². The van der Waals surface area contributed by atoms with Crippen molar-refractivity contribution in [3.05, 3.63) is 48.1 Å². The van der Waals surface area contributed by atoms with E-state index in [4.69, 9.17) is 4.74 Å². The maximum Gasteiger partial charge on any atom is 0.118 e. The van der Waals surface area contributed by atoms with E-state index >= 15 is 0 Å². The van der Waals surface area contributed by atoms with Gasteiger partial charge in [-0.25, -0.2) is 0 Å². The van der Waals surface area contributed by atoms with Crippen LogP contribution in [0.4, 0.5) is 0 Å². The summed E-state index contributed by atoms with van der Waals surface area (Å²) in [6, 6.07) is 7.98. The van der Waals surface area contributed by atoms with Crippen molar-refractivity contribution in [3.8, 4) is 17.6 Å². The normalized spacial score (nSPS) is 21.3. The van der Waals surface area contributed by atoms with E-state index in [9.17, 15) is 0 Å². The Hall–Kier alpha value is -1.94. The molecule has 0 radical (unpaired) electrons. The van der Waals surface area contributed by atoms with Crippen molar-refractivity contribution in [2.45, 2.75) is 45.4 Å². The predicted molar refractivity (Wildman–Crippen MR) is 99.3 cm³/mol. The Morgan fingerprint density at radius 2 is 1.74 bits per heavy atom. The summed E-state index contributed by atoms with van der Waals surface area (Å²) in [5.41, 5.74) is 1.14. The molecular weight excluding hydrogens is 280 g/mol. The molecule has 2 rings (SSSR count). The van der Waals surface area contributed by atoms with E-state index in [0.717, 1.165) is 23.1 Å². The van der Waals surface area contributed by atoms with Crippen molar-refractivity contribution in [2.24, 2.45) is 11.8 Å². The zero-order valence-corrected chi connectivity index (χ0v) is 14.4. The molecule has 1 heteroatoms. The Kier molecular flexibility index (Phi) is 7.54. The Morgan fingerprint density at radius 1 is 1.04 bits per heavy atom. The fourth-order valence-corrected chi connectivity index (χ4v) is 3.21. The van der Waals surface area contributed by atoms with Crippen LogP contribution in [0.15, 0.2) is 42.5 Å². The highest BCUT2D eigenvalue weighted by molar-refractivity contribution is 5.54. The van der Waals surface area contributed by atoms with Crippen molar-refractivity contribution in [2.75, 3.05) is 7.11 Å². The molecule has 0 heterocycles. The number of allylic oxidation sites excluding steroid dienone is 3. The van der Waals surface area contributed by atoms with Crippen LogP contribution in [0.1, 0.15) is 51.0 Å². The minimum atomic E-state index is 0.739. The zero-order valence-electron chi connectivity index (χ0n) is 14.4. The van der Waals surface area contributed by atoms with E-state index in [-0.39, 0.29) is 0 Å². The Bertz CT molecular complexity index is 560. The van der Waals surface area contributed by atoms with E-state index in [1.54, 1.807) is 7.11 Å². The monoisotopic (exact) mass is 308 g/mol. The topological polar surface area (TPSA) is 9.23 Å². The smallest absolute Gasteiger partial charge is 0.118 e. The summed E-state index contributed by atoms with van der Waals surface area (Å²) in [6.45, 7) is 2.29. The number of methoxy groups -OCH3 is 1. The van der Waals surface area contributed by atoms with Gasteiger partial charge < -0.3 is 4.74 Å². The molecule has 0 saturated heterocycles. The van der Waals surface area contributed by atoms with Crippen LogP contribution in [0.25, 0.3) is 6.08 Å². The summed E-state index contributed by atoms with van der Waals surface area (Å²) in [5.74, 6) is 8.80. The number of rotatable bonds is 5. The van der Waals surface area contributed by atoms with Gasteiger partial charge in [0.2, 0.25) is 0 Å². The first kappa shape index (κ1) is 17.4. The Labute approximate surface area is 141 Å². The van der Waals surface area contributed by atoms with Gasteiger partial charge in [0.25, 0.3) is 0 Å². The molecule has 0 unspecified atom stereocenters. The van der Waals surface area contributed by atoms with E-state index in [1.807, 2.05) is 42.5 Å². The summed E-state index contributed by atoms with van der Waals surface area (Å²) >= 11 is 0. The van der Waals surface area contributed by atoms with Gasteiger partial charge in [-0.3, -0.25) is 0 Å². The van der Waals surface area contributed by atoms with Crippen molar-refractivity contribution < 1.29 is 4.74 Å². The fraction of sp³-hybridized carbons (Fsp3) is 0.455. The fourth-order valence-electron chi connectivity index (χ4n) is 3.21. The number of hydrogen-bond donors (Lipinski definition) is 0. The molecule has 1 aliphatic carbocycles. The third-order valence-electron chi connectivity index (χ3n) is 4.60. The lowest BCUT2D eigenvalue weighted by atomic mass is 9.80. The van der Waals surface area contributed by atoms with Crippen molar-refractivity contribution in [1.82, 2.24) is 0 Å². The highest BCUT2D eigenvalue weighted by atomic mass is 16.5. The van der Waals surface area contributed by atoms with Gasteiger partial charge in [-0.1, -0.05) is 49.8 Å². The van der Waals surface area contributed by atoms with Crippen LogP contribution < -0.4 is 4.74 Å². The van der Waals surface area contributed by atoms with Gasteiger partial charge in [0, 0.05) is 0 Å². The van der Waals surface area contributed by atoms with Crippen molar-refractivity contribution in [1.29, 1.82) is 0 Å². The quantitative estimate of drug-likeness (QED) is 0.618. The average molecular weight is 308 g/mol. The van der Waals surface area contributed by atoms with Crippen LogP contribution in [0.3, 0.4) is 0 Å². The van der Waals surface area contributed by atoms with Crippen LogP contribution in [0.2, 0.25) is 0 Å². The summed E-state index contributed by atoms with van der Waals surface area (Å²) in [6.07, 6.45) is 16.5. The molecule has 23 heavy (non-hydrogen) atoms. The molecule has 0 aromatic heterocycles. The molecule has 1 aromatic carbocycles. The molecule has 0 N–H and O–H groups in total. The first-order valence-electron chi connectivity index (χ1n) is 8.80. The van der Waals surface area contributed by atoms with Crippen LogP contribution in [-0.2, 0) is 0 Å². The molecule has 0 atom stereocenters. The maximum atomic E-state index is 5.14. The first-order valence-corrected chi connectivity index (χ1v) is 8.80. The Morgan fingerprint density at radius 3 is 2.39 bits per heavy atom. The summed E-state index contributed by atoms with van der Waals surface area (Å²) in [5, 5.41) is 0. The van der Waals surface area contributed by atoms with Crippen LogP contribution >= 0.6 is 0 Å². The predicted octanol–water partition coefficient (Wildman–Crippen LogP) is 5.87. The average Bonchev–Trinajstić information content (AvgIpc) is 2.60. The lowest BCUT2D eigenvalue weighted by molar-refractivity contribution is 0.294. The van der Waals surface area contributed by atoms with E-state index < -0.39 is 0 Å². The van der Waals surface area contributed by atoms with Crippen molar-refractivity contribution in [3.63, 3.8) is 0 Å². The second-order valence-corrected chi connectivity index (χ2v) is 6.32. The lowest BCUT2D eigenvalue weighted by Crippen LogP contribution is -2.12. The third kappa shape index (κ3) is 6.37. The number of benzene rings is 1. The molecule has 122 valence electrons. The van der Waals surface area contributed by atoms with Crippen LogP contribution in [0, 0.1) is 23.7 Å². The number of hydrogen-bond acceptors (Lipinski definition) is 1. The molecule has 0 spiro atoms. The minimum Gasteiger partial charge on any atom is -0.497 e. The zero-order chi connectivity index (χ0) is 16.3. The van der Waals surface area contributed by atoms with Gasteiger partial charge in [-0.15, -0.1) is 0 Å². The van der Waals surface area contributed by atoms with E-state index in [1.165, 1.54) is 38.5 Å². The molecule has 1 saturated carbocycles. The van der Waals surface area contributed by atoms with E-state index in [0.29, 0.717) is 0 Å². The van der Waals surface area contributed by atoms with Gasteiger partial charge in [0.05, 0.1) is 7.11 Å². The van der Waals surface area contributed by atoms with Gasteiger partial charge >= 0.3 is 0 Å². The molecule has 0 amide bonds. The maximum absolute atomic E-state index is 5.14. The molecular formula is C22H28O. The highest BCUT2D eigenvalue weighted by Crippen LogP contribution is 2.31. The van der Waals surface area contributed by atoms with E-state index in [2.05, 4.69) is 24.8 Å². The second-order valence-electron chi connectivity index (χ2n) is 6.32. The first-order chi connectivity index (χ1) is 11.3. The van der Waals surface area contributed by atoms with Gasteiger partial charge in [-0.05, 0) is 73.4 Å². The molecule has 0 aliphatic heterocycles. The Balaban J connectivity index is 1.73. The standard InChI is InChI=1S/C22H28O/c1-3-8-19-11-13-20(14-12-19)9-6-4-5-7-10-21-15-17-22(23-2)18-16-21/h6-7,9-10,15-20H,3,8,11-14H2,1-2H3/t19-,20-. The molecule has 1 aliphatic rings.